The average molecular weight is 460 g/mol. The monoisotopic (exact) mass is 459 g/mol. The van der Waals surface area contributed by atoms with Gasteiger partial charge in [0.05, 0.1) is 24.9 Å². The molecule has 1 atom stereocenters. The quantitative estimate of drug-likeness (QED) is 0.451. The molecule has 8 nitrogen and oxygen atoms in total. The smallest absolute Gasteiger partial charge is 0.318 e. The molecule has 3 aromatic heterocycles. The molecule has 0 aliphatic carbocycles. The SMILES string of the molecule is COc1nc(C)c2nc(-c3cncnc3)n(Cc3ccc(C4CN5CCC4CC5)cc3F)c2n1. The summed E-state index contributed by atoms with van der Waals surface area (Å²) in [5, 5.41) is 0. The molecule has 2 bridgehead atoms. The predicted molar refractivity (Wildman–Crippen MR) is 125 cm³/mol. The lowest BCUT2D eigenvalue weighted by molar-refractivity contribution is 0.0870. The van der Waals surface area contributed by atoms with E-state index in [1.54, 1.807) is 18.5 Å². The molecule has 3 aliphatic heterocycles. The summed E-state index contributed by atoms with van der Waals surface area (Å²) in [7, 11) is 1.53. The van der Waals surface area contributed by atoms with Gasteiger partial charge in [-0.2, -0.15) is 9.97 Å². The van der Waals surface area contributed by atoms with Crippen LogP contribution in [0, 0.1) is 18.7 Å². The third-order valence-corrected chi connectivity index (χ3v) is 7.24. The third kappa shape index (κ3) is 3.60. The standard InChI is InChI=1S/C25H26FN7O/c1-15-22-24(31-25(29-15)34-2)33(23(30-22)19-10-27-14-28-11-19)12-18-4-3-17(9-21(18)26)20-13-32-7-5-16(20)6-8-32/h3-4,9-11,14,16,20H,5-8,12-13H2,1-2H3. The summed E-state index contributed by atoms with van der Waals surface area (Å²) < 4.78 is 22.6. The molecule has 174 valence electrons. The first-order valence-corrected chi connectivity index (χ1v) is 11.7. The van der Waals surface area contributed by atoms with Crippen molar-refractivity contribution in [1.29, 1.82) is 0 Å². The van der Waals surface area contributed by atoms with E-state index in [0.29, 0.717) is 40.1 Å². The van der Waals surface area contributed by atoms with Crippen LogP contribution in [0.3, 0.4) is 0 Å². The Hall–Kier alpha value is -3.46. The van der Waals surface area contributed by atoms with Gasteiger partial charge in [-0.05, 0) is 56.3 Å². The van der Waals surface area contributed by atoms with E-state index in [-0.39, 0.29) is 18.4 Å². The minimum atomic E-state index is -0.205. The fraction of sp³-hybridized carbons (Fsp3) is 0.400. The van der Waals surface area contributed by atoms with Crippen LogP contribution >= 0.6 is 0 Å². The van der Waals surface area contributed by atoms with Crippen molar-refractivity contribution in [1.82, 2.24) is 34.4 Å². The normalized spacial score (nSPS) is 21.8. The molecule has 3 fully saturated rings. The largest absolute Gasteiger partial charge is 0.467 e. The summed E-state index contributed by atoms with van der Waals surface area (Å²) in [5.41, 5.74) is 4.33. The van der Waals surface area contributed by atoms with E-state index >= 15 is 4.39 Å². The first-order valence-electron chi connectivity index (χ1n) is 11.7. The number of benzene rings is 1. The van der Waals surface area contributed by atoms with E-state index in [0.717, 1.165) is 17.7 Å². The highest BCUT2D eigenvalue weighted by atomic mass is 19.1. The second-order valence-corrected chi connectivity index (χ2v) is 9.21. The maximum absolute atomic E-state index is 15.5. The lowest BCUT2D eigenvalue weighted by Crippen LogP contribution is -2.46. The minimum Gasteiger partial charge on any atom is -0.467 e. The van der Waals surface area contributed by atoms with Crippen molar-refractivity contribution in [3.05, 3.63) is 59.6 Å². The topological polar surface area (TPSA) is 81.8 Å². The van der Waals surface area contributed by atoms with Gasteiger partial charge in [0.25, 0.3) is 0 Å². The van der Waals surface area contributed by atoms with Gasteiger partial charge >= 0.3 is 6.01 Å². The van der Waals surface area contributed by atoms with Crippen LogP contribution in [0.5, 0.6) is 6.01 Å². The van der Waals surface area contributed by atoms with Gasteiger partial charge in [0.2, 0.25) is 0 Å². The zero-order valence-electron chi connectivity index (χ0n) is 19.3. The number of hydrogen-bond donors (Lipinski definition) is 0. The number of aromatic nitrogens is 6. The Morgan fingerprint density at radius 3 is 2.56 bits per heavy atom. The molecule has 0 amide bonds. The molecular weight excluding hydrogens is 433 g/mol. The summed E-state index contributed by atoms with van der Waals surface area (Å²) in [6, 6.07) is 5.98. The number of halogens is 1. The predicted octanol–water partition coefficient (Wildman–Crippen LogP) is 3.60. The van der Waals surface area contributed by atoms with Crippen molar-refractivity contribution in [2.45, 2.75) is 32.2 Å². The molecule has 0 N–H and O–H groups in total. The van der Waals surface area contributed by atoms with Crippen LogP contribution in [0.2, 0.25) is 0 Å². The summed E-state index contributed by atoms with van der Waals surface area (Å²) in [6.45, 7) is 5.51. The summed E-state index contributed by atoms with van der Waals surface area (Å²) in [6.07, 6.45) is 7.27. The molecule has 0 saturated carbocycles. The van der Waals surface area contributed by atoms with Crippen molar-refractivity contribution in [2.75, 3.05) is 26.7 Å². The van der Waals surface area contributed by atoms with E-state index in [4.69, 9.17) is 9.72 Å². The molecular formula is C25H26FN7O. The average Bonchev–Trinajstić information content (AvgIpc) is 3.25. The van der Waals surface area contributed by atoms with Crippen LogP contribution < -0.4 is 4.74 Å². The first-order chi connectivity index (χ1) is 16.6. The first kappa shape index (κ1) is 21.1. The maximum Gasteiger partial charge on any atom is 0.318 e. The molecule has 34 heavy (non-hydrogen) atoms. The van der Waals surface area contributed by atoms with Gasteiger partial charge < -0.3 is 14.2 Å². The third-order valence-electron chi connectivity index (χ3n) is 7.24. The van der Waals surface area contributed by atoms with Crippen LogP contribution in [0.15, 0.2) is 36.9 Å². The Labute approximate surface area is 196 Å². The van der Waals surface area contributed by atoms with Gasteiger partial charge in [-0.15, -0.1) is 0 Å². The summed E-state index contributed by atoms with van der Waals surface area (Å²) in [5.74, 6) is 1.48. The fourth-order valence-corrected chi connectivity index (χ4v) is 5.42. The molecule has 6 heterocycles. The molecule has 4 aromatic rings. The maximum atomic E-state index is 15.5. The summed E-state index contributed by atoms with van der Waals surface area (Å²) in [4.78, 5) is 24.4. The number of rotatable bonds is 5. The van der Waals surface area contributed by atoms with Gasteiger partial charge in [0, 0.05) is 24.5 Å². The van der Waals surface area contributed by atoms with Crippen LogP contribution in [0.25, 0.3) is 22.6 Å². The van der Waals surface area contributed by atoms with Crippen molar-refractivity contribution in [2.24, 2.45) is 5.92 Å². The highest BCUT2D eigenvalue weighted by Gasteiger charge is 2.35. The molecule has 7 rings (SSSR count). The summed E-state index contributed by atoms with van der Waals surface area (Å²) >= 11 is 0. The number of piperidine rings is 3. The lowest BCUT2D eigenvalue weighted by atomic mass is 9.75. The molecule has 1 unspecified atom stereocenters. The van der Waals surface area contributed by atoms with Crippen LogP contribution in [0.4, 0.5) is 4.39 Å². The van der Waals surface area contributed by atoms with E-state index in [9.17, 15) is 0 Å². The number of methoxy groups -OCH3 is 1. The molecule has 0 radical (unpaired) electrons. The molecule has 3 saturated heterocycles. The second-order valence-electron chi connectivity index (χ2n) is 9.21. The minimum absolute atomic E-state index is 0.205. The van der Waals surface area contributed by atoms with Gasteiger partial charge in [-0.3, -0.25) is 0 Å². The van der Waals surface area contributed by atoms with Crippen molar-refractivity contribution >= 4 is 11.2 Å². The number of ether oxygens (including phenoxy) is 1. The Kier molecular flexibility index (Phi) is 5.21. The molecule has 9 heteroatoms. The molecule has 3 aliphatic rings. The Bertz CT molecular complexity index is 1350. The Morgan fingerprint density at radius 2 is 1.88 bits per heavy atom. The number of fused-ring (bicyclic) bond motifs is 4. The lowest BCUT2D eigenvalue weighted by Gasteiger charge is -2.45. The number of imidazole rings is 1. The zero-order valence-corrected chi connectivity index (χ0v) is 19.3. The van der Waals surface area contributed by atoms with Gasteiger partial charge in [-0.25, -0.2) is 19.3 Å². The van der Waals surface area contributed by atoms with Crippen LogP contribution in [-0.4, -0.2) is 61.1 Å². The van der Waals surface area contributed by atoms with Crippen molar-refractivity contribution < 1.29 is 9.13 Å². The van der Waals surface area contributed by atoms with E-state index in [2.05, 4.69) is 30.9 Å². The molecule has 0 spiro atoms. The highest BCUT2D eigenvalue weighted by Crippen LogP contribution is 2.39. The Morgan fingerprint density at radius 1 is 1.09 bits per heavy atom. The Balaban J connectivity index is 1.41. The number of nitrogens with zero attached hydrogens (tertiary/aromatic N) is 7. The van der Waals surface area contributed by atoms with Gasteiger partial charge in [0.15, 0.2) is 5.65 Å². The van der Waals surface area contributed by atoms with Crippen molar-refractivity contribution in [3.8, 4) is 17.4 Å². The van der Waals surface area contributed by atoms with E-state index < -0.39 is 0 Å². The number of hydrogen-bond acceptors (Lipinski definition) is 7. The fourth-order valence-electron chi connectivity index (χ4n) is 5.42. The van der Waals surface area contributed by atoms with E-state index in [1.807, 2.05) is 17.6 Å². The highest BCUT2D eigenvalue weighted by molar-refractivity contribution is 5.79. The van der Waals surface area contributed by atoms with Crippen LogP contribution in [-0.2, 0) is 6.54 Å². The van der Waals surface area contributed by atoms with Crippen molar-refractivity contribution in [3.63, 3.8) is 0 Å². The number of aryl methyl sites for hydroxylation is 1. The van der Waals surface area contributed by atoms with Gasteiger partial charge in [-0.1, -0.05) is 12.1 Å². The van der Waals surface area contributed by atoms with E-state index in [1.165, 1.54) is 39.4 Å². The van der Waals surface area contributed by atoms with Gasteiger partial charge in [0.1, 0.15) is 23.5 Å². The zero-order chi connectivity index (χ0) is 23.2. The molecule has 1 aromatic carbocycles. The van der Waals surface area contributed by atoms with Crippen LogP contribution in [0.1, 0.15) is 35.6 Å². The second kappa shape index (κ2) is 8.39.